The number of nitrogens with two attached hydrogens (primary N) is 2. The van der Waals surface area contributed by atoms with E-state index >= 15 is 0 Å². The Morgan fingerprint density at radius 1 is 1.47 bits per heavy atom. The molecular weight excluding hydrogens is 264 g/mol. The molecule has 1 saturated heterocycles. The van der Waals surface area contributed by atoms with E-state index in [9.17, 15) is 4.79 Å². The molecule has 0 aliphatic carbocycles. The Morgan fingerprint density at radius 2 is 2.21 bits per heavy atom. The van der Waals surface area contributed by atoms with Crippen LogP contribution in [0.15, 0.2) is 18.2 Å². The average molecular weight is 283 g/mol. The number of anilines is 1. The maximum absolute atomic E-state index is 11.6. The zero-order valence-electron chi connectivity index (χ0n) is 11.0. The number of likely N-dealkylation sites (N-methyl/N-ethyl adjacent to an activating group) is 1. The third kappa shape index (κ3) is 2.83. The number of rotatable bonds is 3. The van der Waals surface area contributed by atoms with Crippen LogP contribution in [0.4, 0.5) is 5.69 Å². The first-order chi connectivity index (χ1) is 9.04. The van der Waals surface area contributed by atoms with Crippen molar-refractivity contribution in [3.05, 3.63) is 28.8 Å². The maximum Gasteiger partial charge on any atom is 0.252 e. The molecule has 1 aliphatic heterocycles. The number of piperazine rings is 1. The standard InChI is InChI=1S/C13H19ClN4O/c1-17-5-6-18(9(7-15)8-17)11-4-2-3-10(14)12(11)13(16)19/h2-4,9H,5-8,15H2,1H3,(H2,16,19). The Balaban J connectivity index is 2.40. The lowest BCUT2D eigenvalue weighted by atomic mass is 10.1. The van der Waals surface area contributed by atoms with Crippen molar-refractivity contribution < 1.29 is 4.79 Å². The minimum atomic E-state index is -0.504. The van der Waals surface area contributed by atoms with Crippen LogP contribution in [0, 0.1) is 0 Å². The summed E-state index contributed by atoms with van der Waals surface area (Å²) < 4.78 is 0. The highest BCUT2D eigenvalue weighted by Crippen LogP contribution is 2.29. The van der Waals surface area contributed by atoms with E-state index in [1.807, 2.05) is 12.1 Å². The third-order valence-corrected chi connectivity index (χ3v) is 3.82. The quantitative estimate of drug-likeness (QED) is 0.847. The Hall–Kier alpha value is -1.30. The normalized spacial score (nSPS) is 20.6. The summed E-state index contributed by atoms with van der Waals surface area (Å²) in [6, 6.07) is 5.55. The van der Waals surface area contributed by atoms with Gasteiger partial charge in [0.15, 0.2) is 0 Å². The minimum absolute atomic E-state index is 0.162. The van der Waals surface area contributed by atoms with E-state index < -0.39 is 5.91 Å². The highest BCUT2D eigenvalue weighted by Gasteiger charge is 2.27. The highest BCUT2D eigenvalue weighted by molar-refractivity contribution is 6.34. The molecule has 1 aromatic rings. The molecule has 1 atom stereocenters. The molecule has 0 aromatic heterocycles. The van der Waals surface area contributed by atoms with Gasteiger partial charge in [-0.05, 0) is 19.2 Å². The molecule has 0 radical (unpaired) electrons. The molecule has 0 bridgehead atoms. The number of primary amides is 1. The summed E-state index contributed by atoms with van der Waals surface area (Å²) in [5.74, 6) is -0.504. The summed E-state index contributed by atoms with van der Waals surface area (Å²) in [7, 11) is 2.06. The van der Waals surface area contributed by atoms with E-state index in [4.69, 9.17) is 23.1 Å². The van der Waals surface area contributed by atoms with E-state index in [1.165, 1.54) is 0 Å². The number of nitrogens with zero attached hydrogens (tertiary/aromatic N) is 2. The lowest BCUT2D eigenvalue weighted by Gasteiger charge is -2.41. The van der Waals surface area contributed by atoms with Gasteiger partial charge < -0.3 is 21.3 Å². The van der Waals surface area contributed by atoms with E-state index in [2.05, 4.69) is 16.8 Å². The number of hydrogen-bond donors (Lipinski definition) is 2. The van der Waals surface area contributed by atoms with Gasteiger partial charge in [0.25, 0.3) is 5.91 Å². The van der Waals surface area contributed by atoms with E-state index in [1.54, 1.807) is 6.07 Å². The van der Waals surface area contributed by atoms with Crippen LogP contribution in [0.2, 0.25) is 5.02 Å². The lowest BCUT2D eigenvalue weighted by molar-refractivity contribution is 0.100. The van der Waals surface area contributed by atoms with Crippen LogP contribution in [0.3, 0.4) is 0 Å². The molecule has 1 unspecified atom stereocenters. The van der Waals surface area contributed by atoms with Crippen LogP contribution in [0.25, 0.3) is 0 Å². The van der Waals surface area contributed by atoms with Gasteiger partial charge in [-0.25, -0.2) is 0 Å². The van der Waals surface area contributed by atoms with Gasteiger partial charge in [-0.15, -0.1) is 0 Å². The van der Waals surface area contributed by atoms with E-state index in [-0.39, 0.29) is 6.04 Å². The summed E-state index contributed by atoms with van der Waals surface area (Å²) in [6.07, 6.45) is 0. The number of amides is 1. The molecule has 104 valence electrons. The molecule has 1 aromatic carbocycles. The Morgan fingerprint density at radius 3 is 2.84 bits per heavy atom. The second-order valence-corrected chi connectivity index (χ2v) is 5.25. The first-order valence-electron chi connectivity index (χ1n) is 6.28. The van der Waals surface area contributed by atoms with Crippen molar-refractivity contribution in [3.8, 4) is 0 Å². The predicted molar refractivity (Wildman–Crippen MR) is 77.7 cm³/mol. The number of benzene rings is 1. The predicted octanol–water partition coefficient (Wildman–Crippen LogP) is 0.518. The molecule has 0 spiro atoms. The van der Waals surface area contributed by atoms with Crippen LogP contribution in [0.5, 0.6) is 0 Å². The van der Waals surface area contributed by atoms with Crippen molar-refractivity contribution >= 4 is 23.2 Å². The number of carbonyl (C=O) groups excluding carboxylic acids is 1. The van der Waals surface area contributed by atoms with Gasteiger partial charge in [0.1, 0.15) is 0 Å². The summed E-state index contributed by atoms with van der Waals surface area (Å²) in [6.45, 7) is 3.11. The fourth-order valence-electron chi connectivity index (χ4n) is 2.53. The van der Waals surface area contributed by atoms with Crippen molar-refractivity contribution in [2.24, 2.45) is 11.5 Å². The van der Waals surface area contributed by atoms with Crippen LogP contribution in [0.1, 0.15) is 10.4 Å². The fraction of sp³-hybridized carbons (Fsp3) is 0.462. The summed E-state index contributed by atoms with van der Waals surface area (Å²) in [5, 5.41) is 0.389. The maximum atomic E-state index is 11.6. The molecular formula is C13H19ClN4O. The summed E-state index contributed by atoms with van der Waals surface area (Å²) in [4.78, 5) is 16.0. The van der Waals surface area contributed by atoms with Crippen molar-refractivity contribution in [3.63, 3.8) is 0 Å². The van der Waals surface area contributed by atoms with Crippen LogP contribution < -0.4 is 16.4 Å². The van der Waals surface area contributed by atoms with Gasteiger partial charge in [-0.3, -0.25) is 4.79 Å². The minimum Gasteiger partial charge on any atom is -0.365 e. The van der Waals surface area contributed by atoms with Crippen molar-refractivity contribution in [1.29, 1.82) is 0 Å². The van der Waals surface area contributed by atoms with Gasteiger partial charge in [-0.1, -0.05) is 17.7 Å². The van der Waals surface area contributed by atoms with Crippen molar-refractivity contribution in [1.82, 2.24) is 4.90 Å². The topological polar surface area (TPSA) is 75.6 Å². The smallest absolute Gasteiger partial charge is 0.252 e. The van der Waals surface area contributed by atoms with Gasteiger partial charge in [0.2, 0.25) is 0 Å². The molecule has 4 N–H and O–H groups in total. The second kappa shape index (κ2) is 5.77. The first kappa shape index (κ1) is 14.1. The largest absolute Gasteiger partial charge is 0.365 e. The van der Waals surface area contributed by atoms with Gasteiger partial charge in [0.05, 0.1) is 22.3 Å². The SMILES string of the molecule is CN1CCN(c2cccc(Cl)c2C(N)=O)C(CN)C1. The molecule has 19 heavy (non-hydrogen) atoms. The molecule has 2 rings (SSSR count). The number of carbonyl (C=O) groups is 1. The molecule has 6 heteroatoms. The van der Waals surface area contributed by atoms with E-state index in [0.717, 1.165) is 25.3 Å². The van der Waals surface area contributed by atoms with E-state index in [0.29, 0.717) is 17.1 Å². The Kier molecular flexibility index (Phi) is 4.29. The monoisotopic (exact) mass is 282 g/mol. The number of halogens is 1. The van der Waals surface area contributed by atoms with Gasteiger partial charge in [-0.2, -0.15) is 0 Å². The average Bonchev–Trinajstić information content (AvgIpc) is 2.37. The summed E-state index contributed by atoms with van der Waals surface area (Å²) in [5.41, 5.74) is 12.4. The number of hydrogen-bond acceptors (Lipinski definition) is 4. The molecule has 1 heterocycles. The zero-order valence-corrected chi connectivity index (χ0v) is 11.7. The van der Waals surface area contributed by atoms with Crippen LogP contribution in [-0.4, -0.2) is 50.1 Å². The first-order valence-corrected chi connectivity index (χ1v) is 6.66. The van der Waals surface area contributed by atoms with Crippen molar-refractivity contribution in [2.45, 2.75) is 6.04 Å². The molecule has 5 nitrogen and oxygen atoms in total. The zero-order chi connectivity index (χ0) is 14.0. The van der Waals surface area contributed by atoms with Crippen molar-refractivity contribution in [2.75, 3.05) is 38.1 Å². The lowest BCUT2D eigenvalue weighted by Crippen LogP contribution is -2.55. The highest BCUT2D eigenvalue weighted by atomic mass is 35.5. The van der Waals surface area contributed by atoms with Crippen LogP contribution in [-0.2, 0) is 0 Å². The Labute approximate surface area is 118 Å². The molecule has 0 saturated carbocycles. The third-order valence-electron chi connectivity index (χ3n) is 3.51. The second-order valence-electron chi connectivity index (χ2n) is 4.84. The molecule has 1 fully saturated rings. The fourth-order valence-corrected chi connectivity index (χ4v) is 2.79. The summed E-state index contributed by atoms with van der Waals surface area (Å²) >= 11 is 6.09. The van der Waals surface area contributed by atoms with Gasteiger partial charge in [0, 0.05) is 26.2 Å². The van der Waals surface area contributed by atoms with Crippen LogP contribution >= 0.6 is 11.6 Å². The Bertz CT molecular complexity index is 480. The molecule has 1 amide bonds. The van der Waals surface area contributed by atoms with Gasteiger partial charge >= 0.3 is 0 Å². The molecule has 1 aliphatic rings.